The maximum atomic E-state index is 5.94. The van der Waals surface area contributed by atoms with Crippen LogP contribution in [0.4, 0.5) is 0 Å². The number of benzene rings is 1. The zero-order valence-electron chi connectivity index (χ0n) is 11.8. The summed E-state index contributed by atoms with van der Waals surface area (Å²) in [5, 5.41) is 3.20. The lowest BCUT2D eigenvalue weighted by molar-refractivity contribution is 0.0373. The third-order valence-electron chi connectivity index (χ3n) is 3.86. The molecule has 0 radical (unpaired) electrons. The highest BCUT2D eigenvalue weighted by Gasteiger charge is 2.22. The van der Waals surface area contributed by atoms with E-state index in [9.17, 15) is 0 Å². The molecule has 0 spiro atoms. The van der Waals surface area contributed by atoms with Gasteiger partial charge in [0.15, 0.2) is 0 Å². The number of fused-ring (bicyclic) bond motifs is 1. The Morgan fingerprint density at radius 1 is 1.30 bits per heavy atom. The van der Waals surface area contributed by atoms with Gasteiger partial charge < -0.3 is 10.1 Å². The van der Waals surface area contributed by atoms with Crippen LogP contribution >= 0.6 is 0 Å². The van der Waals surface area contributed by atoms with E-state index in [1.807, 2.05) is 25.5 Å². The summed E-state index contributed by atoms with van der Waals surface area (Å²) >= 11 is 0. The summed E-state index contributed by atoms with van der Waals surface area (Å²) in [6.07, 6.45) is 5.96. The standard InChI is InChI=1S/C17H20N2O/c1-18-10-7-17-16-6-2-5-14(15(16)8-11-20-17)13-4-3-9-19-12-13/h2-6,9,12,17-18H,7-8,10-11H2,1H3/t17-/m1/s1. The molecule has 104 valence electrons. The van der Waals surface area contributed by atoms with Gasteiger partial charge in [-0.1, -0.05) is 24.3 Å². The molecule has 1 aliphatic heterocycles. The Balaban J connectivity index is 1.99. The summed E-state index contributed by atoms with van der Waals surface area (Å²) in [5.74, 6) is 0. The van der Waals surface area contributed by atoms with Crippen LogP contribution in [0.5, 0.6) is 0 Å². The van der Waals surface area contributed by atoms with Crippen molar-refractivity contribution in [3.63, 3.8) is 0 Å². The summed E-state index contributed by atoms with van der Waals surface area (Å²) in [6.45, 7) is 1.78. The van der Waals surface area contributed by atoms with E-state index in [1.54, 1.807) is 0 Å². The van der Waals surface area contributed by atoms with Crippen molar-refractivity contribution in [3.8, 4) is 11.1 Å². The number of nitrogens with zero attached hydrogens (tertiary/aromatic N) is 1. The van der Waals surface area contributed by atoms with E-state index in [-0.39, 0.29) is 6.10 Å². The number of rotatable bonds is 4. The Morgan fingerprint density at radius 2 is 2.25 bits per heavy atom. The van der Waals surface area contributed by atoms with Gasteiger partial charge in [0.25, 0.3) is 0 Å². The summed E-state index contributed by atoms with van der Waals surface area (Å²) in [5.41, 5.74) is 5.26. The normalized spacial score (nSPS) is 17.8. The predicted octanol–water partition coefficient (Wildman–Crippen LogP) is 2.97. The van der Waals surface area contributed by atoms with Gasteiger partial charge in [0.2, 0.25) is 0 Å². The van der Waals surface area contributed by atoms with Gasteiger partial charge in [0.05, 0.1) is 12.7 Å². The fourth-order valence-corrected chi connectivity index (χ4v) is 2.89. The van der Waals surface area contributed by atoms with Crippen LogP contribution < -0.4 is 5.32 Å². The van der Waals surface area contributed by atoms with Crippen LogP contribution in [0.25, 0.3) is 11.1 Å². The molecule has 1 atom stereocenters. The van der Waals surface area contributed by atoms with Crippen LogP contribution in [0.15, 0.2) is 42.7 Å². The molecule has 0 amide bonds. The van der Waals surface area contributed by atoms with Gasteiger partial charge in [0, 0.05) is 18.0 Å². The number of ether oxygens (including phenoxy) is 1. The maximum Gasteiger partial charge on any atom is 0.0840 e. The monoisotopic (exact) mass is 268 g/mol. The van der Waals surface area contributed by atoms with Gasteiger partial charge in [-0.15, -0.1) is 0 Å². The minimum atomic E-state index is 0.211. The summed E-state index contributed by atoms with van der Waals surface area (Å²) < 4.78 is 5.94. The first kappa shape index (κ1) is 13.3. The lowest BCUT2D eigenvalue weighted by Gasteiger charge is -2.28. The van der Waals surface area contributed by atoms with Crippen LogP contribution in [0, 0.1) is 0 Å². The molecule has 0 fully saturated rings. The Labute approximate surface area is 120 Å². The second-order valence-electron chi connectivity index (χ2n) is 5.12. The number of pyridine rings is 1. The quantitative estimate of drug-likeness (QED) is 0.925. The van der Waals surface area contributed by atoms with Crippen molar-refractivity contribution in [2.45, 2.75) is 18.9 Å². The van der Waals surface area contributed by atoms with Crippen molar-refractivity contribution in [3.05, 3.63) is 53.9 Å². The highest BCUT2D eigenvalue weighted by Crippen LogP contribution is 2.35. The summed E-state index contributed by atoms with van der Waals surface area (Å²) in [7, 11) is 1.98. The third-order valence-corrected chi connectivity index (χ3v) is 3.86. The minimum absolute atomic E-state index is 0.211. The van der Waals surface area contributed by atoms with Gasteiger partial charge in [0.1, 0.15) is 0 Å². The van der Waals surface area contributed by atoms with Crippen molar-refractivity contribution >= 4 is 0 Å². The van der Waals surface area contributed by atoms with E-state index in [0.717, 1.165) is 26.0 Å². The molecule has 0 saturated carbocycles. The number of hydrogen-bond donors (Lipinski definition) is 1. The van der Waals surface area contributed by atoms with Crippen molar-refractivity contribution in [1.82, 2.24) is 10.3 Å². The smallest absolute Gasteiger partial charge is 0.0840 e. The topological polar surface area (TPSA) is 34.1 Å². The van der Waals surface area contributed by atoms with E-state index in [4.69, 9.17) is 4.74 Å². The van der Waals surface area contributed by atoms with E-state index < -0.39 is 0 Å². The number of hydrogen-bond acceptors (Lipinski definition) is 3. The SMILES string of the molecule is CNCC[C@H]1OCCc2c(-c3cccnc3)cccc21. The van der Waals surface area contributed by atoms with Crippen molar-refractivity contribution in [2.75, 3.05) is 20.2 Å². The second kappa shape index (κ2) is 6.16. The molecule has 20 heavy (non-hydrogen) atoms. The lowest BCUT2D eigenvalue weighted by Crippen LogP contribution is -2.21. The zero-order chi connectivity index (χ0) is 13.8. The van der Waals surface area contributed by atoms with E-state index in [1.165, 1.54) is 22.3 Å². The van der Waals surface area contributed by atoms with E-state index in [2.05, 4.69) is 34.6 Å². The molecular weight excluding hydrogens is 248 g/mol. The molecule has 1 aromatic carbocycles. The Bertz CT molecular complexity index is 568. The zero-order valence-corrected chi connectivity index (χ0v) is 11.8. The molecule has 0 saturated heterocycles. The van der Waals surface area contributed by atoms with Crippen molar-refractivity contribution < 1.29 is 4.74 Å². The van der Waals surface area contributed by atoms with Gasteiger partial charge in [-0.25, -0.2) is 0 Å². The minimum Gasteiger partial charge on any atom is -0.373 e. The second-order valence-corrected chi connectivity index (χ2v) is 5.12. The molecule has 0 aliphatic carbocycles. The highest BCUT2D eigenvalue weighted by molar-refractivity contribution is 5.68. The molecular formula is C17H20N2O. The molecule has 0 unspecified atom stereocenters. The van der Waals surface area contributed by atoms with Gasteiger partial charge in [-0.05, 0) is 49.2 Å². The first-order valence-electron chi connectivity index (χ1n) is 7.18. The highest BCUT2D eigenvalue weighted by atomic mass is 16.5. The average molecular weight is 268 g/mol. The Morgan fingerprint density at radius 3 is 3.05 bits per heavy atom. The first-order valence-corrected chi connectivity index (χ1v) is 7.18. The molecule has 1 aromatic heterocycles. The van der Waals surface area contributed by atoms with E-state index in [0.29, 0.717) is 0 Å². The Kier molecular flexibility index (Phi) is 4.09. The lowest BCUT2D eigenvalue weighted by atomic mass is 9.89. The molecule has 3 rings (SSSR count). The maximum absolute atomic E-state index is 5.94. The number of aromatic nitrogens is 1. The van der Waals surface area contributed by atoms with Crippen LogP contribution in [0.2, 0.25) is 0 Å². The molecule has 2 aromatic rings. The van der Waals surface area contributed by atoms with Crippen LogP contribution in [0.3, 0.4) is 0 Å². The molecule has 3 nitrogen and oxygen atoms in total. The van der Waals surface area contributed by atoms with Gasteiger partial charge in [-0.2, -0.15) is 0 Å². The van der Waals surface area contributed by atoms with Crippen LogP contribution in [-0.4, -0.2) is 25.2 Å². The molecule has 0 bridgehead atoms. The van der Waals surface area contributed by atoms with Crippen molar-refractivity contribution in [2.24, 2.45) is 0 Å². The number of nitrogens with one attached hydrogen (secondary N) is 1. The third kappa shape index (κ3) is 2.60. The molecule has 1 aliphatic rings. The fraction of sp³-hybridized carbons (Fsp3) is 0.353. The van der Waals surface area contributed by atoms with Crippen LogP contribution in [0.1, 0.15) is 23.7 Å². The predicted molar refractivity (Wildman–Crippen MR) is 80.6 cm³/mol. The molecule has 2 heterocycles. The van der Waals surface area contributed by atoms with Crippen molar-refractivity contribution in [1.29, 1.82) is 0 Å². The first-order chi connectivity index (χ1) is 9.90. The van der Waals surface area contributed by atoms with Crippen LogP contribution in [-0.2, 0) is 11.2 Å². The molecule has 3 heteroatoms. The average Bonchev–Trinajstić information content (AvgIpc) is 2.53. The van der Waals surface area contributed by atoms with Gasteiger partial charge in [-0.3, -0.25) is 4.98 Å². The Hall–Kier alpha value is -1.71. The molecule has 1 N–H and O–H groups in total. The van der Waals surface area contributed by atoms with Gasteiger partial charge >= 0.3 is 0 Å². The largest absolute Gasteiger partial charge is 0.373 e. The summed E-state index contributed by atoms with van der Waals surface area (Å²) in [4.78, 5) is 4.24. The fourth-order valence-electron chi connectivity index (χ4n) is 2.89. The van der Waals surface area contributed by atoms with E-state index >= 15 is 0 Å². The summed E-state index contributed by atoms with van der Waals surface area (Å²) in [6, 6.07) is 10.6.